The third kappa shape index (κ3) is 2.75. The van der Waals surface area contributed by atoms with Gasteiger partial charge >= 0.3 is 0 Å². The Morgan fingerprint density at radius 1 is 1.38 bits per heavy atom. The van der Waals surface area contributed by atoms with E-state index in [1.54, 1.807) is 0 Å². The summed E-state index contributed by atoms with van der Waals surface area (Å²) in [4.78, 5) is 28.9. The van der Waals surface area contributed by atoms with Crippen LogP contribution in [0.3, 0.4) is 0 Å². The van der Waals surface area contributed by atoms with Crippen LogP contribution in [0.1, 0.15) is 59.3 Å². The summed E-state index contributed by atoms with van der Waals surface area (Å²) in [5.74, 6) is 0.0975. The van der Waals surface area contributed by atoms with Crippen LogP contribution in [-0.4, -0.2) is 60.0 Å². The molecule has 1 saturated heterocycles. The van der Waals surface area contributed by atoms with Crippen LogP contribution in [0.2, 0.25) is 0 Å². The van der Waals surface area contributed by atoms with Gasteiger partial charge in [-0.3, -0.25) is 9.59 Å². The lowest BCUT2D eigenvalue weighted by molar-refractivity contribution is -0.174. The maximum atomic E-state index is 13.0. The van der Waals surface area contributed by atoms with Crippen molar-refractivity contribution >= 4 is 11.8 Å². The molecule has 3 atom stereocenters. The van der Waals surface area contributed by atoms with Crippen LogP contribution < -0.4 is 0 Å². The Balaban J connectivity index is 1.67. The Hall–Kier alpha value is -1.10. The third-order valence-corrected chi connectivity index (χ3v) is 6.59. The highest BCUT2D eigenvalue weighted by atomic mass is 16.5. The second-order valence-corrected chi connectivity index (χ2v) is 8.13. The quantitative estimate of drug-likeness (QED) is 0.775. The first-order valence-corrected chi connectivity index (χ1v) is 9.58. The summed E-state index contributed by atoms with van der Waals surface area (Å²) in [6, 6.07) is 0.458. The first-order chi connectivity index (χ1) is 11.4. The summed E-state index contributed by atoms with van der Waals surface area (Å²) < 4.78 is 5.97. The van der Waals surface area contributed by atoms with Gasteiger partial charge in [0.25, 0.3) is 0 Å². The van der Waals surface area contributed by atoms with Crippen molar-refractivity contribution in [1.29, 1.82) is 0 Å². The minimum absolute atomic E-state index is 0.119. The van der Waals surface area contributed by atoms with E-state index in [1.165, 1.54) is 25.7 Å². The van der Waals surface area contributed by atoms with Crippen molar-refractivity contribution in [2.45, 2.75) is 77.5 Å². The number of hydrogen-bond acceptors (Lipinski definition) is 3. The number of likely N-dealkylation sites (tertiary alicyclic amines) is 1. The van der Waals surface area contributed by atoms with Crippen molar-refractivity contribution in [3.8, 4) is 0 Å². The highest BCUT2D eigenvalue weighted by Gasteiger charge is 2.59. The number of rotatable bonds is 5. The van der Waals surface area contributed by atoms with E-state index >= 15 is 0 Å². The molecule has 1 spiro atoms. The molecule has 0 N–H and O–H groups in total. The Bertz CT molecular complexity index is 499. The molecule has 0 aromatic heterocycles. The fourth-order valence-electron chi connectivity index (χ4n) is 5.23. The molecular weight excluding hydrogens is 304 g/mol. The molecule has 5 heteroatoms. The number of ether oxygens (including phenoxy) is 1. The van der Waals surface area contributed by atoms with E-state index in [-0.39, 0.29) is 35.2 Å². The Morgan fingerprint density at radius 3 is 2.58 bits per heavy atom. The number of amides is 2. The molecule has 0 bridgehead atoms. The fraction of sp³-hybridized carbons (Fsp3) is 0.895. The minimum Gasteiger partial charge on any atom is -0.378 e. The van der Waals surface area contributed by atoms with Crippen LogP contribution >= 0.6 is 0 Å². The van der Waals surface area contributed by atoms with E-state index in [0.717, 1.165) is 13.0 Å². The van der Waals surface area contributed by atoms with Gasteiger partial charge in [0.1, 0.15) is 0 Å². The van der Waals surface area contributed by atoms with Crippen molar-refractivity contribution in [2.24, 2.45) is 11.3 Å². The zero-order valence-electron chi connectivity index (χ0n) is 15.6. The SMILES string of the molecule is CCO[C@@H]1C[C@H](N(C)C(=O)[C@@H]2CC(=O)N(C(C)C)C2)C12CCCC2. The average Bonchev–Trinajstić information content (AvgIpc) is 3.18. The Morgan fingerprint density at radius 2 is 2.04 bits per heavy atom. The molecule has 3 rings (SSSR count). The van der Waals surface area contributed by atoms with Crippen LogP contribution in [0, 0.1) is 11.3 Å². The van der Waals surface area contributed by atoms with Gasteiger partial charge in [-0.05, 0) is 40.0 Å². The summed E-state index contributed by atoms with van der Waals surface area (Å²) in [5.41, 5.74) is 0.167. The molecule has 1 heterocycles. The summed E-state index contributed by atoms with van der Waals surface area (Å²) in [6.07, 6.45) is 6.45. The molecule has 24 heavy (non-hydrogen) atoms. The molecule has 3 fully saturated rings. The van der Waals surface area contributed by atoms with Gasteiger partial charge < -0.3 is 14.5 Å². The van der Waals surface area contributed by atoms with E-state index in [9.17, 15) is 9.59 Å². The summed E-state index contributed by atoms with van der Waals surface area (Å²) in [5, 5.41) is 0. The van der Waals surface area contributed by atoms with Crippen LogP contribution in [0.4, 0.5) is 0 Å². The zero-order valence-corrected chi connectivity index (χ0v) is 15.6. The number of carbonyl (C=O) groups excluding carboxylic acids is 2. The topological polar surface area (TPSA) is 49.9 Å². The van der Waals surface area contributed by atoms with Crippen molar-refractivity contribution in [2.75, 3.05) is 20.2 Å². The van der Waals surface area contributed by atoms with Crippen molar-refractivity contribution in [3.05, 3.63) is 0 Å². The molecule has 2 saturated carbocycles. The maximum absolute atomic E-state index is 13.0. The predicted molar refractivity (Wildman–Crippen MR) is 92.4 cm³/mol. The van der Waals surface area contributed by atoms with E-state index in [4.69, 9.17) is 4.74 Å². The fourth-order valence-corrected chi connectivity index (χ4v) is 5.23. The second kappa shape index (κ2) is 6.66. The van der Waals surface area contributed by atoms with Crippen LogP contribution in [0.15, 0.2) is 0 Å². The third-order valence-electron chi connectivity index (χ3n) is 6.59. The molecule has 1 aliphatic heterocycles. The summed E-state index contributed by atoms with van der Waals surface area (Å²) >= 11 is 0. The number of nitrogens with zero attached hydrogens (tertiary/aromatic N) is 2. The van der Waals surface area contributed by atoms with E-state index in [0.29, 0.717) is 19.1 Å². The summed E-state index contributed by atoms with van der Waals surface area (Å²) in [6.45, 7) is 7.41. The predicted octanol–water partition coefficient (Wildman–Crippen LogP) is 2.44. The highest BCUT2D eigenvalue weighted by Crippen LogP contribution is 2.56. The molecule has 5 nitrogen and oxygen atoms in total. The molecule has 3 aliphatic rings. The van der Waals surface area contributed by atoms with Gasteiger partial charge in [-0.15, -0.1) is 0 Å². The first kappa shape index (κ1) is 17.7. The lowest BCUT2D eigenvalue weighted by Gasteiger charge is -2.57. The molecule has 136 valence electrons. The monoisotopic (exact) mass is 336 g/mol. The van der Waals surface area contributed by atoms with Gasteiger partial charge in [0.15, 0.2) is 0 Å². The molecule has 2 amide bonds. The number of hydrogen-bond donors (Lipinski definition) is 0. The van der Waals surface area contributed by atoms with Crippen LogP contribution in [0.25, 0.3) is 0 Å². The lowest BCUT2D eigenvalue weighted by Crippen LogP contribution is -2.64. The average molecular weight is 336 g/mol. The van der Waals surface area contributed by atoms with E-state index in [2.05, 4.69) is 6.92 Å². The van der Waals surface area contributed by atoms with Gasteiger partial charge in [-0.25, -0.2) is 0 Å². The van der Waals surface area contributed by atoms with Crippen LogP contribution in [0.5, 0.6) is 0 Å². The molecule has 2 aliphatic carbocycles. The van der Waals surface area contributed by atoms with Crippen LogP contribution in [-0.2, 0) is 14.3 Å². The van der Waals surface area contributed by atoms with Gasteiger partial charge in [-0.2, -0.15) is 0 Å². The van der Waals surface area contributed by atoms with Crippen molar-refractivity contribution in [3.63, 3.8) is 0 Å². The van der Waals surface area contributed by atoms with Gasteiger partial charge in [-0.1, -0.05) is 12.8 Å². The molecule has 0 aromatic rings. The van der Waals surface area contributed by atoms with E-state index < -0.39 is 0 Å². The van der Waals surface area contributed by atoms with Crippen molar-refractivity contribution < 1.29 is 14.3 Å². The lowest BCUT2D eigenvalue weighted by atomic mass is 9.60. The molecule has 0 aromatic carbocycles. The maximum Gasteiger partial charge on any atom is 0.228 e. The van der Waals surface area contributed by atoms with Gasteiger partial charge in [0.2, 0.25) is 11.8 Å². The molecule has 0 unspecified atom stereocenters. The largest absolute Gasteiger partial charge is 0.378 e. The Kier molecular flexibility index (Phi) is 4.92. The highest BCUT2D eigenvalue weighted by molar-refractivity contribution is 5.89. The zero-order chi connectivity index (χ0) is 17.5. The molecular formula is C19H32N2O3. The smallest absolute Gasteiger partial charge is 0.228 e. The van der Waals surface area contributed by atoms with Crippen molar-refractivity contribution in [1.82, 2.24) is 9.80 Å². The molecule has 0 radical (unpaired) electrons. The number of carbonyl (C=O) groups is 2. The van der Waals surface area contributed by atoms with E-state index in [1.807, 2.05) is 30.7 Å². The standard InChI is InChI=1S/C19H32N2O3/c1-5-24-16-11-15(19(16)8-6-7-9-19)20(4)18(23)14-10-17(22)21(12-14)13(2)3/h13-16H,5-12H2,1-4H3/t14-,15+,16-/m1/s1. The Labute approximate surface area is 145 Å². The first-order valence-electron chi connectivity index (χ1n) is 9.58. The normalized spacial score (nSPS) is 31.8. The summed E-state index contributed by atoms with van der Waals surface area (Å²) in [7, 11) is 1.94. The van der Waals surface area contributed by atoms with Gasteiger partial charge in [0.05, 0.1) is 12.0 Å². The second-order valence-electron chi connectivity index (χ2n) is 8.13. The van der Waals surface area contributed by atoms with Gasteiger partial charge in [0, 0.05) is 44.1 Å². The minimum atomic E-state index is -0.172.